The molecule has 0 N–H and O–H groups in total. The minimum Gasteiger partial charge on any atom is -0.332 e. The summed E-state index contributed by atoms with van der Waals surface area (Å²) in [5.74, 6) is 0. The van der Waals surface area contributed by atoms with Crippen molar-refractivity contribution in [1.29, 1.82) is 0 Å². The van der Waals surface area contributed by atoms with Gasteiger partial charge in [-0.2, -0.15) is 0 Å². The Kier molecular flexibility index (Phi) is 2.14. The Morgan fingerprint density at radius 3 is 2.85 bits per heavy atom. The fraction of sp³-hybridized carbons (Fsp3) is 0.333. The third-order valence-electron chi connectivity index (χ3n) is 1.94. The Bertz CT molecular complexity index is 402. The van der Waals surface area contributed by atoms with Gasteiger partial charge in [0.15, 0.2) is 0 Å². The molecular weight excluding hydrogens is 182 g/mol. The summed E-state index contributed by atoms with van der Waals surface area (Å²) in [5, 5.41) is 1.05. The highest BCUT2D eigenvalue weighted by molar-refractivity contribution is 7.14. The predicted molar refractivity (Wildman–Crippen MR) is 53.7 cm³/mol. The second-order valence-electron chi connectivity index (χ2n) is 2.88. The standard InChI is InChI=1S/C9H11N3S/c1-3-7-4-11-9(13-7)8-5-10-6-12(8)2/h4-6H,3H2,1-2H3. The van der Waals surface area contributed by atoms with Gasteiger partial charge in [0.1, 0.15) is 5.01 Å². The van der Waals surface area contributed by atoms with Crippen molar-refractivity contribution >= 4 is 11.3 Å². The summed E-state index contributed by atoms with van der Waals surface area (Å²) in [6.07, 6.45) is 6.63. The maximum atomic E-state index is 4.35. The molecule has 13 heavy (non-hydrogen) atoms. The van der Waals surface area contributed by atoms with E-state index in [0.717, 1.165) is 17.1 Å². The number of imidazole rings is 1. The monoisotopic (exact) mass is 193 g/mol. The summed E-state index contributed by atoms with van der Waals surface area (Å²) in [5.41, 5.74) is 1.09. The molecule has 3 nitrogen and oxygen atoms in total. The predicted octanol–water partition coefficient (Wildman–Crippen LogP) is 2.11. The van der Waals surface area contributed by atoms with Gasteiger partial charge in [0.2, 0.25) is 0 Å². The fourth-order valence-electron chi connectivity index (χ4n) is 1.15. The molecule has 0 aliphatic rings. The topological polar surface area (TPSA) is 30.7 Å². The zero-order chi connectivity index (χ0) is 9.26. The van der Waals surface area contributed by atoms with Crippen LogP contribution in [0.1, 0.15) is 11.8 Å². The van der Waals surface area contributed by atoms with Gasteiger partial charge in [0.25, 0.3) is 0 Å². The van der Waals surface area contributed by atoms with Crippen LogP contribution < -0.4 is 0 Å². The normalized spacial score (nSPS) is 10.6. The summed E-state index contributed by atoms with van der Waals surface area (Å²) < 4.78 is 1.98. The lowest BCUT2D eigenvalue weighted by Crippen LogP contribution is -1.87. The first-order valence-electron chi connectivity index (χ1n) is 4.22. The van der Waals surface area contributed by atoms with Gasteiger partial charge in [-0.1, -0.05) is 6.92 Å². The van der Waals surface area contributed by atoms with E-state index < -0.39 is 0 Å². The van der Waals surface area contributed by atoms with Crippen LogP contribution in [-0.4, -0.2) is 14.5 Å². The van der Waals surface area contributed by atoms with Crippen LogP contribution in [0.4, 0.5) is 0 Å². The maximum absolute atomic E-state index is 4.35. The lowest BCUT2D eigenvalue weighted by Gasteiger charge is -1.94. The molecule has 0 spiro atoms. The Morgan fingerprint density at radius 2 is 2.31 bits per heavy atom. The number of rotatable bonds is 2. The minimum absolute atomic E-state index is 1.05. The van der Waals surface area contributed by atoms with Crippen LogP contribution in [0.2, 0.25) is 0 Å². The summed E-state index contributed by atoms with van der Waals surface area (Å²) in [6.45, 7) is 2.14. The number of aromatic nitrogens is 3. The highest BCUT2D eigenvalue weighted by atomic mass is 32.1. The Balaban J connectivity index is 2.41. The minimum atomic E-state index is 1.05. The van der Waals surface area contributed by atoms with Crippen molar-refractivity contribution in [2.45, 2.75) is 13.3 Å². The van der Waals surface area contributed by atoms with E-state index in [4.69, 9.17) is 0 Å². The van der Waals surface area contributed by atoms with Crippen LogP contribution >= 0.6 is 11.3 Å². The van der Waals surface area contributed by atoms with Gasteiger partial charge in [-0.05, 0) is 6.42 Å². The smallest absolute Gasteiger partial charge is 0.141 e. The van der Waals surface area contributed by atoms with Gasteiger partial charge in [-0.15, -0.1) is 11.3 Å². The second-order valence-corrected chi connectivity index (χ2v) is 3.99. The molecule has 0 bridgehead atoms. The molecule has 0 amide bonds. The molecule has 0 saturated carbocycles. The third kappa shape index (κ3) is 1.49. The highest BCUT2D eigenvalue weighted by Gasteiger charge is 2.06. The molecule has 2 aromatic rings. The summed E-state index contributed by atoms with van der Waals surface area (Å²) >= 11 is 1.73. The number of thiazole rings is 1. The Hall–Kier alpha value is -1.16. The molecule has 4 heteroatoms. The molecule has 0 atom stereocenters. The molecule has 2 aromatic heterocycles. The van der Waals surface area contributed by atoms with Crippen molar-refractivity contribution in [3.63, 3.8) is 0 Å². The van der Waals surface area contributed by atoms with E-state index in [1.54, 1.807) is 17.7 Å². The van der Waals surface area contributed by atoms with Crippen molar-refractivity contribution in [3.8, 4) is 10.7 Å². The first kappa shape index (κ1) is 8.44. The van der Waals surface area contributed by atoms with Gasteiger partial charge in [0, 0.05) is 18.1 Å². The van der Waals surface area contributed by atoms with Crippen LogP contribution in [0.3, 0.4) is 0 Å². The van der Waals surface area contributed by atoms with Crippen LogP contribution in [0, 0.1) is 0 Å². The molecule has 0 radical (unpaired) electrons. The quantitative estimate of drug-likeness (QED) is 0.731. The molecule has 0 aliphatic carbocycles. The van der Waals surface area contributed by atoms with Crippen LogP contribution in [0.5, 0.6) is 0 Å². The van der Waals surface area contributed by atoms with Crippen molar-refractivity contribution in [3.05, 3.63) is 23.6 Å². The van der Waals surface area contributed by atoms with E-state index >= 15 is 0 Å². The molecule has 0 aliphatic heterocycles. The summed E-state index contributed by atoms with van der Waals surface area (Å²) in [7, 11) is 1.98. The first-order valence-corrected chi connectivity index (χ1v) is 5.04. The van der Waals surface area contributed by atoms with Crippen molar-refractivity contribution < 1.29 is 0 Å². The molecule has 0 aromatic carbocycles. The van der Waals surface area contributed by atoms with Gasteiger partial charge in [0.05, 0.1) is 18.2 Å². The van der Waals surface area contributed by atoms with Crippen molar-refractivity contribution in [2.24, 2.45) is 7.05 Å². The van der Waals surface area contributed by atoms with Crippen LogP contribution in [0.25, 0.3) is 10.7 Å². The zero-order valence-corrected chi connectivity index (χ0v) is 8.51. The van der Waals surface area contributed by atoms with Gasteiger partial charge < -0.3 is 4.57 Å². The van der Waals surface area contributed by atoms with Crippen molar-refractivity contribution in [1.82, 2.24) is 14.5 Å². The molecule has 0 unspecified atom stereocenters. The molecule has 2 heterocycles. The number of hydrogen-bond acceptors (Lipinski definition) is 3. The molecule has 2 rings (SSSR count). The van der Waals surface area contributed by atoms with E-state index in [2.05, 4.69) is 16.9 Å². The Morgan fingerprint density at radius 1 is 1.46 bits per heavy atom. The van der Waals surface area contributed by atoms with E-state index in [-0.39, 0.29) is 0 Å². The van der Waals surface area contributed by atoms with E-state index in [1.165, 1.54) is 4.88 Å². The second kappa shape index (κ2) is 3.30. The van der Waals surface area contributed by atoms with Crippen LogP contribution in [-0.2, 0) is 13.5 Å². The SMILES string of the molecule is CCc1cnc(-c2cncn2C)s1. The van der Waals surface area contributed by atoms with Gasteiger partial charge in [-0.25, -0.2) is 9.97 Å². The van der Waals surface area contributed by atoms with Crippen molar-refractivity contribution in [2.75, 3.05) is 0 Å². The lowest BCUT2D eigenvalue weighted by atomic mass is 10.4. The van der Waals surface area contributed by atoms with E-state index in [0.29, 0.717) is 0 Å². The van der Waals surface area contributed by atoms with E-state index in [1.807, 2.05) is 24.0 Å². The van der Waals surface area contributed by atoms with E-state index in [9.17, 15) is 0 Å². The molecule has 0 fully saturated rings. The molecular formula is C9H11N3S. The average Bonchev–Trinajstić information content (AvgIpc) is 2.71. The number of aryl methyl sites for hydroxylation is 2. The van der Waals surface area contributed by atoms with Gasteiger partial charge in [-0.3, -0.25) is 0 Å². The van der Waals surface area contributed by atoms with Gasteiger partial charge >= 0.3 is 0 Å². The third-order valence-corrected chi connectivity index (χ3v) is 3.10. The first-order chi connectivity index (χ1) is 6.31. The Labute approximate surface area is 81.1 Å². The fourth-order valence-corrected chi connectivity index (χ4v) is 2.06. The zero-order valence-electron chi connectivity index (χ0n) is 7.69. The lowest BCUT2D eigenvalue weighted by molar-refractivity contribution is 0.920. The average molecular weight is 193 g/mol. The number of hydrogen-bond donors (Lipinski definition) is 0. The maximum Gasteiger partial charge on any atom is 0.141 e. The highest BCUT2D eigenvalue weighted by Crippen LogP contribution is 2.24. The largest absolute Gasteiger partial charge is 0.332 e. The summed E-state index contributed by atoms with van der Waals surface area (Å²) in [6, 6.07) is 0. The molecule has 0 saturated heterocycles. The number of nitrogens with zero attached hydrogens (tertiary/aromatic N) is 3. The molecule has 68 valence electrons. The van der Waals surface area contributed by atoms with Crippen LogP contribution in [0.15, 0.2) is 18.7 Å². The summed E-state index contributed by atoms with van der Waals surface area (Å²) in [4.78, 5) is 9.73.